The van der Waals surface area contributed by atoms with Crippen molar-refractivity contribution in [3.05, 3.63) is 115 Å². The molecule has 0 aliphatic heterocycles. The molecule has 0 radical (unpaired) electrons. The van der Waals surface area contributed by atoms with Crippen molar-refractivity contribution in [2.24, 2.45) is 0 Å². The van der Waals surface area contributed by atoms with Crippen LogP contribution in [0.1, 0.15) is 0 Å². The molecule has 0 saturated carbocycles. The third-order valence-electron chi connectivity index (χ3n) is 7.65. The summed E-state index contributed by atoms with van der Waals surface area (Å²) in [4.78, 5) is 11.5. The number of hydrogen-bond acceptors (Lipinski definition) is 4. The predicted octanol–water partition coefficient (Wildman–Crippen LogP) is 9.51. The summed E-state index contributed by atoms with van der Waals surface area (Å²) in [7, 11) is 0. The van der Waals surface area contributed by atoms with Crippen LogP contribution in [0.4, 0.5) is 0 Å². The fraction of sp³-hybridized carbons (Fsp3) is 0. The molecule has 0 N–H and O–H groups in total. The zero-order valence-electron chi connectivity index (χ0n) is 20.6. The molecule has 4 nitrogen and oxygen atoms in total. The van der Waals surface area contributed by atoms with E-state index in [-0.39, 0.29) is 0 Å². The van der Waals surface area contributed by atoms with E-state index in [0.29, 0.717) is 5.95 Å². The summed E-state index contributed by atoms with van der Waals surface area (Å²) in [6.45, 7) is 0. The Morgan fingerprint density at radius 3 is 2.21 bits per heavy atom. The van der Waals surface area contributed by atoms with Gasteiger partial charge in [-0.15, -0.1) is 11.3 Å². The van der Waals surface area contributed by atoms with Crippen molar-refractivity contribution >= 4 is 75.4 Å². The molecule has 0 aliphatic rings. The number of thiophene rings is 1. The zero-order chi connectivity index (χ0) is 25.5. The Morgan fingerprint density at radius 2 is 1.31 bits per heavy atom. The van der Waals surface area contributed by atoms with Gasteiger partial charge in [-0.3, -0.25) is 4.57 Å². The molecule has 0 amide bonds. The summed E-state index contributed by atoms with van der Waals surface area (Å²) in [6.07, 6.45) is 0. The molecular weight excluding hydrogens is 498 g/mol. The van der Waals surface area contributed by atoms with Crippen molar-refractivity contribution in [3.63, 3.8) is 0 Å². The van der Waals surface area contributed by atoms with Gasteiger partial charge in [-0.05, 0) is 24.3 Å². The highest BCUT2D eigenvalue weighted by atomic mass is 32.1. The molecule has 0 spiro atoms. The minimum atomic E-state index is 0.662. The summed E-state index contributed by atoms with van der Waals surface area (Å²) in [6, 6.07) is 40.0. The average molecular weight is 518 g/mol. The third kappa shape index (κ3) is 2.93. The Balaban J connectivity index is 1.44. The van der Waals surface area contributed by atoms with Crippen LogP contribution in [0.2, 0.25) is 0 Å². The lowest BCUT2D eigenvalue weighted by Crippen LogP contribution is -2.02. The highest BCUT2D eigenvalue weighted by Gasteiger charge is 2.21. The quantitative estimate of drug-likeness (QED) is 0.229. The molecule has 4 heterocycles. The van der Waals surface area contributed by atoms with E-state index in [9.17, 15) is 0 Å². The van der Waals surface area contributed by atoms with E-state index in [4.69, 9.17) is 14.4 Å². The van der Waals surface area contributed by atoms with E-state index >= 15 is 0 Å². The molecule has 0 atom stereocenters. The number of para-hydroxylation sites is 2. The van der Waals surface area contributed by atoms with E-state index in [2.05, 4.69) is 102 Å². The fourth-order valence-electron chi connectivity index (χ4n) is 5.92. The van der Waals surface area contributed by atoms with E-state index in [1.54, 1.807) is 11.3 Å². The van der Waals surface area contributed by atoms with Gasteiger partial charge in [0.1, 0.15) is 16.0 Å². The number of benzene rings is 5. The summed E-state index contributed by atoms with van der Waals surface area (Å²) in [5.41, 5.74) is 5.88. The van der Waals surface area contributed by atoms with Gasteiger partial charge in [-0.2, -0.15) is 0 Å². The van der Waals surface area contributed by atoms with Gasteiger partial charge in [-0.1, -0.05) is 84.9 Å². The van der Waals surface area contributed by atoms with Crippen LogP contribution < -0.4 is 0 Å². The Hall–Kier alpha value is -5.00. The minimum Gasteiger partial charge on any atom is -0.456 e. The second kappa shape index (κ2) is 7.76. The molecule has 182 valence electrons. The fourth-order valence-corrected chi connectivity index (χ4v) is 6.99. The first-order valence-corrected chi connectivity index (χ1v) is 13.7. The van der Waals surface area contributed by atoms with Crippen LogP contribution in [-0.2, 0) is 0 Å². The summed E-state index contributed by atoms with van der Waals surface area (Å²) < 4.78 is 9.70. The Kier molecular flexibility index (Phi) is 4.18. The zero-order valence-corrected chi connectivity index (χ0v) is 21.4. The number of furan rings is 1. The van der Waals surface area contributed by atoms with Crippen molar-refractivity contribution in [1.82, 2.24) is 14.5 Å². The van der Waals surface area contributed by atoms with Crippen LogP contribution in [0.25, 0.3) is 81.3 Å². The molecular formula is C34H19N3OS. The second-order valence-electron chi connectivity index (χ2n) is 9.83. The van der Waals surface area contributed by atoms with Crippen molar-refractivity contribution < 1.29 is 4.42 Å². The Bertz CT molecular complexity index is 2400. The normalized spacial score (nSPS) is 12.1. The van der Waals surface area contributed by atoms with Gasteiger partial charge in [-0.25, -0.2) is 9.97 Å². The SMILES string of the molecule is c1ccc(-c2nc(-n3c4ccccc4c4cc5c(cc43)oc3ccccc35)nc3sc4ccccc4c23)cc1. The maximum absolute atomic E-state index is 6.30. The molecule has 5 aromatic carbocycles. The standard InChI is InChI=1S/C34H19N3OS/c1-2-10-20(11-3-1)32-31-23-14-6-9-17-30(23)39-33(31)36-34(35-32)37-26-15-7-4-12-21(26)24-18-25-22-13-5-8-16-28(22)38-29(25)19-27(24)37/h1-19H. The van der Waals surface area contributed by atoms with E-state index < -0.39 is 0 Å². The lowest BCUT2D eigenvalue weighted by molar-refractivity contribution is 0.669. The van der Waals surface area contributed by atoms with Gasteiger partial charge in [0, 0.05) is 48.6 Å². The smallest absolute Gasteiger partial charge is 0.236 e. The first kappa shape index (κ1) is 21.0. The molecule has 0 aliphatic carbocycles. The first-order valence-electron chi connectivity index (χ1n) is 12.9. The van der Waals surface area contributed by atoms with Gasteiger partial charge < -0.3 is 4.42 Å². The number of rotatable bonds is 2. The Morgan fingerprint density at radius 1 is 0.564 bits per heavy atom. The second-order valence-corrected chi connectivity index (χ2v) is 10.9. The van der Waals surface area contributed by atoms with Gasteiger partial charge in [0.15, 0.2) is 0 Å². The van der Waals surface area contributed by atoms with E-state index in [1.165, 1.54) is 15.5 Å². The lowest BCUT2D eigenvalue weighted by Gasteiger charge is -2.10. The van der Waals surface area contributed by atoms with Gasteiger partial charge >= 0.3 is 0 Å². The number of nitrogens with zero attached hydrogens (tertiary/aromatic N) is 3. The van der Waals surface area contributed by atoms with Gasteiger partial charge in [0.25, 0.3) is 0 Å². The molecule has 9 rings (SSSR count). The van der Waals surface area contributed by atoms with Crippen molar-refractivity contribution in [1.29, 1.82) is 0 Å². The van der Waals surface area contributed by atoms with Gasteiger partial charge in [0.05, 0.1) is 16.7 Å². The van der Waals surface area contributed by atoms with Crippen LogP contribution in [0.15, 0.2) is 120 Å². The number of hydrogen-bond donors (Lipinski definition) is 0. The van der Waals surface area contributed by atoms with E-state index in [0.717, 1.165) is 59.8 Å². The molecule has 9 aromatic rings. The molecule has 5 heteroatoms. The van der Waals surface area contributed by atoms with Crippen LogP contribution in [0, 0.1) is 0 Å². The van der Waals surface area contributed by atoms with E-state index in [1.807, 2.05) is 18.2 Å². The molecule has 0 fully saturated rings. The third-order valence-corrected chi connectivity index (χ3v) is 8.71. The molecule has 0 saturated heterocycles. The highest BCUT2D eigenvalue weighted by molar-refractivity contribution is 7.25. The van der Waals surface area contributed by atoms with Crippen molar-refractivity contribution in [3.8, 4) is 17.2 Å². The highest BCUT2D eigenvalue weighted by Crippen LogP contribution is 2.41. The number of fused-ring (bicyclic) bond motifs is 9. The van der Waals surface area contributed by atoms with Gasteiger partial charge in [0.2, 0.25) is 5.95 Å². The maximum atomic E-state index is 6.30. The van der Waals surface area contributed by atoms with Crippen molar-refractivity contribution in [2.45, 2.75) is 0 Å². The lowest BCUT2D eigenvalue weighted by atomic mass is 10.1. The molecule has 4 aromatic heterocycles. The van der Waals surface area contributed by atoms with Crippen LogP contribution >= 0.6 is 11.3 Å². The topological polar surface area (TPSA) is 43.9 Å². The largest absolute Gasteiger partial charge is 0.456 e. The molecule has 39 heavy (non-hydrogen) atoms. The molecule has 0 unspecified atom stereocenters. The average Bonchev–Trinajstić information content (AvgIpc) is 3.65. The Labute approximate surface area is 226 Å². The summed E-state index contributed by atoms with van der Waals surface area (Å²) in [5, 5.41) is 6.86. The minimum absolute atomic E-state index is 0.662. The monoisotopic (exact) mass is 517 g/mol. The van der Waals surface area contributed by atoms with Crippen LogP contribution in [0.5, 0.6) is 0 Å². The summed E-state index contributed by atoms with van der Waals surface area (Å²) in [5.74, 6) is 0.662. The van der Waals surface area contributed by atoms with Crippen LogP contribution in [-0.4, -0.2) is 14.5 Å². The number of aromatic nitrogens is 3. The summed E-state index contributed by atoms with van der Waals surface area (Å²) >= 11 is 1.72. The maximum Gasteiger partial charge on any atom is 0.236 e. The van der Waals surface area contributed by atoms with Crippen molar-refractivity contribution in [2.75, 3.05) is 0 Å². The molecule has 0 bridgehead atoms. The predicted molar refractivity (Wildman–Crippen MR) is 162 cm³/mol. The first-order chi connectivity index (χ1) is 19.3. The van der Waals surface area contributed by atoms with Crippen LogP contribution in [0.3, 0.4) is 0 Å².